The number of nitrogens with zero attached hydrogens (tertiary/aromatic N) is 1. The van der Waals surface area contributed by atoms with Gasteiger partial charge < -0.3 is 10.6 Å². The van der Waals surface area contributed by atoms with Gasteiger partial charge in [0.1, 0.15) is 5.69 Å². The Balaban J connectivity index is 2.17. The lowest BCUT2D eigenvalue weighted by Gasteiger charge is -2.12. The number of nitro groups is 1. The molecule has 2 rings (SSSR count). The lowest BCUT2D eigenvalue weighted by Crippen LogP contribution is -2.20. The maximum absolute atomic E-state index is 11.1. The number of nitrogens with one attached hydrogen (secondary N) is 2. The van der Waals surface area contributed by atoms with E-state index in [1.165, 1.54) is 6.07 Å². The Morgan fingerprint density at radius 1 is 1.23 bits per heavy atom. The Kier molecular flexibility index (Phi) is 5.33. The summed E-state index contributed by atoms with van der Waals surface area (Å²) in [6.45, 7) is 1.79. The van der Waals surface area contributed by atoms with E-state index in [2.05, 4.69) is 26.6 Å². The predicted octanol–water partition coefficient (Wildman–Crippen LogP) is 5.13. The average Bonchev–Trinajstić information content (AvgIpc) is 2.43. The Bertz CT molecular complexity index is 755. The first kappa shape index (κ1) is 16.7. The molecule has 5 nitrogen and oxygen atoms in total. The molecular weight excluding hydrogens is 390 g/mol. The highest BCUT2D eigenvalue weighted by Gasteiger charge is 2.15. The van der Waals surface area contributed by atoms with Crippen molar-refractivity contribution in [2.75, 3.05) is 10.6 Å². The molecule has 2 aromatic carbocycles. The molecular formula is C14H11BrClN3O2S. The Morgan fingerprint density at radius 2 is 1.86 bits per heavy atom. The van der Waals surface area contributed by atoms with Gasteiger partial charge in [0.15, 0.2) is 5.11 Å². The van der Waals surface area contributed by atoms with Crippen LogP contribution in [0.2, 0.25) is 5.02 Å². The van der Waals surface area contributed by atoms with Crippen LogP contribution in [0.1, 0.15) is 5.56 Å². The summed E-state index contributed by atoms with van der Waals surface area (Å²) in [5.74, 6) is 0. The molecule has 114 valence electrons. The van der Waals surface area contributed by atoms with Crippen molar-refractivity contribution in [3.05, 3.63) is 61.6 Å². The number of benzene rings is 2. The molecule has 0 fully saturated rings. The minimum atomic E-state index is -0.454. The molecule has 0 spiro atoms. The molecule has 0 saturated heterocycles. The smallest absolute Gasteiger partial charge is 0.292 e. The maximum atomic E-state index is 11.1. The van der Waals surface area contributed by atoms with Crippen LogP contribution in [-0.2, 0) is 0 Å². The molecule has 8 heteroatoms. The van der Waals surface area contributed by atoms with E-state index in [1.54, 1.807) is 31.2 Å². The van der Waals surface area contributed by atoms with Crippen LogP contribution in [0, 0.1) is 17.0 Å². The van der Waals surface area contributed by atoms with Gasteiger partial charge in [-0.3, -0.25) is 10.1 Å². The molecule has 0 aliphatic carbocycles. The number of thiocarbonyl (C=S) groups is 1. The zero-order valence-electron chi connectivity index (χ0n) is 11.4. The van der Waals surface area contributed by atoms with Crippen molar-refractivity contribution in [1.82, 2.24) is 0 Å². The lowest BCUT2D eigenvalue weighted by atomic mass is 10.2. The van der Waals surface area contributed by atoms with Crippen LogP contribution in [0.5, 0.6) is 0 Å². The van der Waals surface area contributed by atoms with Gasteiger partial charge in [0.05, 0.1) is 15.6 Å². The zero-order chi connectivity index (χ0) is 16.3. The first-order chi connectivity index (χ1) is 10.4. The Labute approximate surface area is 146 Å². The topological polar surface area (TPSA) is 67.2 Å². The van der Waals surface area contributed by atoms with Gasteiger partial charge in [0.25, 0.3) is 5.69 Å². The van der Waals surface area contributed by atoms with E-state index in [1.807, 2.05) is 6.07 Å². The molecule has 0 heterocycles. The number of aryl methyl sites for hydroxylation is 1. The van der Waals surface area contributed by atoms with E-state index in [0.717, 1.165) is 10.0 Å². The highest BCUT2D eigenvalue weighted by atomic mass is 79.9. The van der Waals surface area contributed by atoms with E-state index >= 15 is 0 Å². The number of hydrogen-bond donors (Lipinski definition) is 2. The summed E-state index contributed by atoms with van der Waals surface area (Å²) in [5.41, 5.74) is 1.69. The molecule has 0 amide bonds. The van der Waals surface area contributed by atoms with Crippen LogP contribution in [0.15, 0.2) is 40.9 Å². The van der Waals surface area contributed by atoms with Crippen molar-refractivity contribution < 1.29 is 4.92 Å². The zero-order valence-corrected chi connectivity index (χ0v) is 14.6. The van der Waals surface area contributed by atoms with E-state index in [9.17, 15) is 10.1 Å². The summed E-state index contributed by atoms with van der Waals surface area (Å²) in [7, 11) is 0. The predicted molar refractivity (Wildman–Crippen MR) is 96.8 cm³/mol. The van der Waals surface area contributed by atoms with Gasteiger partial charge >= 0.3 is 0 Å². The van der Waals surface area contributed by atoms with Crippen molar-refractivity contribution in [1.29, 1.82) is 0 Å². The second-order valence-electron chi connectivity index (χ2n) is 4.48. The number of nitro benzene ring substituents is 1. The van der Waals surface area contributed by atoms with Gasteiger partial charge in [-0.25, -0.2) is 0 Å². The summed E-state index contributed by atoms with van der Waals surface area (Å²) in [6, 6.07) is 10.2. The monoisotopic (exact) mass is 399 g/mol. The van der Waals surface area contributed by atoms with Crippen LogP contribution in [0.4, 0.5) is 17.1 Å². The van der Waals surface area contributed by atoms with Gasteiger partial charge in [-0.1, -0.05) is 33.6 Å². The Morgan fingerprint density at radius 3 is 2.50 bits per heavy atom. The SMILES string of the molecule is Cc1ccc(NC(=S)Nc2ccc(Br)cc2Cl)c([N+](=O)[O-])c1. The largest absolute Gasteiger partial charge is 0.331 e. The summed E-state index contributed by atoms with van der Waals surface area (Å²) in [4.78, 5) is 10.6. The molecule has 0 aliphatic heterocycles. The van der Waals surface area contributed by atoms with E-state index in [4.69, 9.17) is 23.8 Å². The second-order valence-corrected chi connectivity index (χ2v) is 6.21. The van der Waals surface area contributed by atoms with Gasteiger partial charge in [0, 0.05) is 10.5 Å². The van der Waals surface area contributed by atoms with E-state index < -0.39 is 4.92 Å². The molecule has 0 aliphatic rings. The highest BCUT2D eigenvalue weighted by Crippen LogP contribution is 2.28. The van der Waals surface area contributed by atoms with Crippen molar-refractivity contribution >= 4 is 61.9 Å². The molecule has 2 aromatic rings. The number of halogens is 2. The first-order valence-electron chi connectivity index (χ1n) is 6.15. The minimum absolute atomic E-state index is 0.0361. The van der Waals surface area contributed by atoms with E-state index in [-0.39, 0.29) is 10.8 Å². The van der Waals surface area contributed by atoms with Crippen molar-refractivity contribution in [2.45, 2.75) is 6.92 Å². The van der Waals surface area contributed by atoms with Crippen LogP contribution >= 0.6 is 39.7 Å². The molecule has 22 heavy (non-hydrogen) atoms. The minimum Gasteiger partial charge on any atom is -0.331 e. The molecule has 0 saturated carbocycles. The molecule has 0 unspecified atom stereocenters. The number of anilines is 2. The molecule has 0 radical (unpaired) electrons. The fourth-order valence-electron chi connectivity index (χ4n) is 1.77. The second kappa shape index (κ2) is 7.04. The standard InChI is InChI=1S/C14H11BrClN3O2S/c1-8-2-4-12(13(6-8)19(20)21)18-14(22)17-11-5-3-9(15)7-10(11)16/h2-7H,1H3,(H2,17,18,22). The van der Waals surface area contributed by atoms with Crippen LogP contribution in [0.3, 0.4) is 0 Å². The average molecular weight is 401 g/mol. The number of rotatable bonds is 3. The van der Waals surface area contributed by atoms with Gasteiger partial charge in [-0.05, 0) is 49.0 Å². The summed E-state index contributed by atoms with van der Waals surface area (Å²) >= 11 is 14.6. The van der Waals surface area contributed by atoms with Crippen molar-refractivity contribution in [2.24, 2.45) is 0 Å². The summed E-state index contributed by atoms with van der Waals surface area (Å²) in [5, 5.41) is 17.5. The highest BCUT2D eigenvalue weighted by molar-refractivity contribution is 9.10. The lowest BCUT2D eigenvalue weighted by molar-refractivity contribution is -0.383. The maximum Gasteiger partial charge on any atom is 0.292 e. The first-order valence-corrected chi connectivity index (χ1v) is 7.73. The van der Waals surface area contributed by atoms with Crippen LogP contribution in [-0.4, -0.2) is 10.0 Å². The third-order valence-corrected chi connectivity index (χ3v) is 3.79. The summed E-state index contributed by atoms with van der Waals surface area (Å²) in [6.07, 6.45) is 0. The van der Waals surface area contributed by atoms with Gasteiger partial charge in [0.2, 0.25) is 0 Å². The van der Waals surface area contributed by atoms with Gasteiger partial charge in [-0.15, -0.1) is 0 Å². The fraction of sp³-hybridized carbons (Fsp3) is 0.0714. The molecule has 0 aromatic heterocycles. The van der Waals surface area contributed by atoms with E-state index in [0.29, 0.717) is 16.4 Å². The van der Waals surface area contributed by atoms with Crippen LogP contribution in [0.25, 0.3) is 0 Å². The van der Waals surface area contributed by atoms with Crippen LogP contribution < -0.4 is 10.6 Å². The Hall–Kier alpha value is -1.70. The van der Waals surface area contributed by atoms with Gasteiger partial charge in [-0.2, -0.15) is 0 Å². The molecule has 0 atom stereocenters. The quantitative estimate of drug-likeness (QED) is 0.425. The number of hydrogen-bond acceptors (Lipinski definition) is 3. The van der Waals surface area contributed by atoms with Crippen molar-refractivity contribution in [3.63, 3.8) is 0 Å². The van der Waals surface area contributed by atoms with Crippen molar-refractivity contribution in [3.8, 4) is 0 Å². The molecule has 0 bridgehead atoms. The third-order valence-electron chi connectivity index (χ3n) is 2.78. The third kappa shape index (κ3) is 4.16. The molecule has 2 N–H and O–H groups in total. The normalized spacial score (nSPS) is 10.1. The fourth-order valence-corrected chi connectivity index (χ4v) is 2.71. The summed E-state index contributed by atoms with van der Waals surface area (Å²) < 4.78 is 0.844.